The third kappa shape index (κ3) is 10.4. The minimum Gasteiger partial charge on any atom is -0.451 e. The molecule has 0 fully saturated rings. The van der Waals surface area contributed by atoms with E-state index in [1.54, 1.807) is 13.0 Å². The number of aliphatic hydroxyl groups excluding tert-OH is 1. The van der Waals surface area contributed by atoms with Gasteiger partial charge in [-0.25, -0.2) is 0 Å². The van der Waals surface area contributed by atoms with Crippen molar-refractivity contribution in [3.05, 3.63) is 28.0 Å². The third-order valence-corrected chi connectivity index (χ3v) is 3.60. The van der Waals surface area contributed by atoms with Gasteiger partial charge in [0.1, 0.15) is 16.8 Å². The van der Waals surface area contributed by atoms with E-state index in [-0.39, 0.29) is 16.7 Å². The summed E-state index contributed by atoms with van der Waals surface area (Å²) >= 11 is 0. The van der Waals surface area contributed by atoms with Gasteiger partial charge in [-0.1, -0.05) is 53.4 Å². The van der Waals surface area contributed by atoms with E-state index in [9.17, 15) is 20.0 Å². The summed E-state index contributed by atoms with van der Waals surface area (Å²) in [7, 11) is 0. The van der Waals surface area contributed by atoms with E-state index >= 15 is 0 Å². The smallest absolute Gasteiger partial charge is 0.433 e. The second-order valence-electron chi connectivity index (χ2n) is 8.19. The first-order chi connectivity index (χ1) is 12.3. The van der Waals surface area contributed by atoms with Crippen LogP contribution in [0.3, 0.4) is 0 Å². The van der Waals surface area contributed by atoms with Gasteiger partial charge in [-0.15, -0.1) is 0 Å². The van der Waals surface area contributed by atoms with Crippen LogP contribution in [-0.2, 0) is 9.53 Å². The van der Waals surface area contributed by atoms with Crippen molar-refractivity contribution < 1.29 is 24.0 Å². The fourth-order valence-corrected chi connectivity index (χ4v) is 2.65. The Morgan fingerprint density at radius 1 is 1.30 bits per heavy atom. The summed E-state index contributed by atoms with van der Waals surface area (Å²) in [6, 6.07) is 2.88. The minimum absolute atomic E-state index is 0.135. The first kappa shape index (κ1) is 24.7. The maximum Gasteiger partial charge on any atom is 0.433 e. The largest absolute Gasteiger partial charge is 0.451 e. The molecule has 1 N–H and O–H groups in total. The lowest BCUT2D eigenvalue weighted by Gasteiger charge is -2.34. The number of aryl methyl sites for hydroxylation is 1. The van der Waals surface area contributed by atoms with Crippen molar-refractivity contribution in [1.29, 1.82) is 0 Å². The molecular weight excluding hydrogens is 350 g/mol. The standard InChI is InChI=1S/C15H26O3.C5H5NO3/c1-7-12(18-11-16)8-9-13(17)15(5,6)10-14(2,3)4;1-4-2-3-5(9-4)6(7)8/h11-13,17H,7,10H2,1-6H3;2-3H,1H3. The summed E-state index contributed by atoms with van der Waals surface area (Å²) < 4.78 is 9.44. The zero-order valence-corrected chi connectivity index (χ0v) is 17.2. The van der Waals surface area contributed by atoms with E-state index in [1.165, 1.54) is 6.07 Å². The van der Waals surface area contributed by atoms with Gasteiger partial charge in [0.25, 0.3) is 6.47 Å². The van der Waals surface area contributed by atoms with E-state index in [0.29, 0.717) is 18.7 Å². The normalized spacial score (nSPS) is 13.3. The van der Waals surface area contributed by atoms with Gasteiger partial charge in [-0.3, -0.25) is 14.9 Å². The molecule has 2 unspecified atom stereocenters. The molecule has 27 heavy (non-hydrogen) atoms. The zero-order chi connectivity index (χ0) is 21.3. The molecule has 2 atom stereocenters. The lowest BCUT2D eigenvalue weighted by Crippen LogP contribution is -2.32. The molecule has 0 amide bonds. The Hall–Kier alpha value is -2.33. The van der Waals surface area contributed by atoms with Gasteiger partial charge >= 0.3 is 5.88 Å². The van der Waals surface area contributed by atoms with Crippen LogP contribution in [0.1, 0.15) is 60.1 Å². The van der Waals surface area contributed by atoms with Crippen molar-refractivity contribution in [2.45, 2.75) is 73.5 Å². The van der Waals surface area contributed by atoms with E-state index in [0.717, 1.165) is 6.42 Å². The average molecular weight is 381 g/mol. The second kappa shape index (κ2) is 10.7. The summed E-state index contributed by atoms with van der Waals surface area (Å²) in [5.74, 6) is 5.97. The first-order valence-corrected chi connectivity index (χ1v) is 8.81. The average Bonchev–Trinajstić information content (AvgIpc) is 2.96. The van der Waals surface area contributed by atoms with Crippen LogP contribution in [0.25, 0.3) is 0 Å². The molecule has 0 aliphatic carbocycles. The van der Waals surface area contributed by atoms with E-state index in [2.05, 4.69) is 37.0 Å². The Morgan fingerprint density at radius 3 is 2.22 bits per heavy atom. The predicted octanol–water partition coefficient (Wildman–Crippen LogP) is 4.26. The van der Waals surface area contributed by atoms with Crippen LogP contribution in [0.2, 0.25) is 0 Å². The van der Waals surface area contributed by atoms with E-state index < -0.39 is 17.1 Å². The van der Waals surface area contributed by atoms with E-state index in [4.69, 9.17) is 4.74 Å². The van der Waals surface area contributed by atoms with Gasteiger partial charge in [0.2, 0.25) is 0 Å². The molecule has 0 saturated carbocycles. The van der Waals surface area contributed by atoms with Gasteiger partial charge in [-0.2, -0.15) is 0 Å². The van der Waals surface area contributed by atoms with Gasteiger partial charge in [0, 0.05) is 5.41 Å². The number of nitrogens with zero attached hydrogens (tertiary/aromatic N) is 1. The first-order valence-electron chi connectivity index (χ1n) is 8.81. The van der Waals surface area contributed by atoms with Crippen molar-refractivity contribution in [3.63, 3.8) is 0 Å². The fraction of sp³-hybridized carbons (Fsp3) is 0.650. The van der Waals surface area contributed by atoms with Crippen LogP contribution >= 0.6 is 0 Å². The molecule has 0 spiro atoms. The predicted molar refractivity (Wildman–Crippen MR) is 103 cm³/mol. The Balaban J connectivity index is 0.000000621. The molecule has 1 aromatic heterocycles. The quantitative estimate of drug-likeness (QED) is 0.342. The number of aliphatic hydroxyl groups is 1. The molecule has 1 rings (SSSR count). The van der Waals surface area contributed by atoms with Crippen molar-refractivity contribution in [2.75, 3.05) is 0 Å². The Labute approximate surface area is 161 Å². The molecule has 0 aromatic carbocycles. The molecule has 152 valence electrons. The summed E-state index contributed by atoms with van der Waals surface area (Å²) in [6.07, 6.45) is 0.336. The zero-order valence-electron chi connectivity index (χ0n) is 17.2. The lowest BCUT2D eigenvalue weighted by molar-refractivity contribution is -0.402. The number of hydrogen-bond donors (Lipinski definition) is 1. The summed E-state index contributed by atoms with van der Waals surface area (Å²) in [6.45, 7) is 14.4. The highest BCUT2D eigenvalue weighted by molar-refractivity contribution is 5.38. The number of carbonyl (C=O) groups excluding carboxylic acids is 1. The number of ether oxygens (including phenoxy) is 1. The molecule has 1 aromatic rings. The highest BCUT2D eigenvalue weighted by Crippen LogP contribution is 2.35. The van der Waals surface area contributed by atoms with Crippen LogP contribution in [0.4, 0.5) is 5.88 Å². The summed E-state index contributed by atoms with van der Waals surface area (Å²) in [5.41, 5.74) is -0.152. The number of carbonyl (C=O) groups is 1. The van der Waals surface area contributed by atoms with Crippen molar-refractivity contribution in [1.82, 2.24) is 0 Å². The van der Waals surface area contributed by atoms with Crippen LogP contribution in [0, 0.1) is 39.7 Å². The second-order valence-corrected chi connectivity index (χ2v) is 8.19. The Kier molecular flexibility index (Phi) is 9.80. The van der Waals surface area contributed by atoms with Crippen LogP contribution in [-0.4, -0.2) is 28.7 Å². The lowest BCUT2D eigenvalue weighted by atomic mass is 9.73. The third-order valence-electron chi connectivity index (χ3n) is 3.60. The van der Waals surface area contributed by atoms with Crippen LogP contribution in [0.5, 0.6) is 0 Å². The number of hydrogen-bond acceptors (Lipinski definition) is 6. The molecule has 1 heterocycles. The molecule has 0 saturated heterocycles. The molecule has 7 nitrogen and oxygen atoms in total. The minimum atomic E-state index is -0.721. The maximum absolute atomic E-state index is 10.3. The van der Waals surface area contributed by atoms with Crippen molar-refractivity contribution in [3.8, 4) is 11.8 Å². The number of rotatable bonds is 6. The van der Waals surface area contributed by atoms with Gasteiger partial charge in [0.05, 0.1) is 6.07 Å². The monoisotopic (exact) mass is 381 g/mol. The summed E-state index contributed by atoms with van der Waals surface area (Å²) in [5, 5.41) is 20.1. The SMILES string of the molecule is CCC(C#CC(O)C(C)(C)CC(C)(C)C)OC=O.Cc1ccc([N+](=O)[O-])o1. The van der Waals surface area contributed by atoms with Gasteiger partial charge in [0.15, 0.2) is 6.10 Å². The maximum atomic E-state index is 10.3. The summed E-state index contributed by atoms with van der Waals surface area (Å²) in [4.78, 5) is 19.6. The molecule has 0 aliphatic heterocycles. The molecule has 0 aliphatic rings. The van der Waals surface area contributed by atoms with Crippen LogP contribution < -0.4 is 0 Å². The Morgan fingerprint density at radius 2 is 1.89 bits per heavy atom. The Bertz CT molecular complexity index is 660. The number of nitro groups is 1. The topological polar surface area (TPSA) is 103 Å². The highest BCUT2D eigenvalue weighted by Gasteiger charge is 2.31. The highest BCUT2D eigenvalue weighted by atomic mass is 16.6. The van der Waals surface area contributed by atoms with Crippen molar-refractivity contribution in [2.24, 2.45) is 10.8 Å². The van der Waals surface area contributed by atoms with Crippen LogP contribution in [0.15, 0.2) is 16.5 Å². The fourth-order valence-electron chi connectivity index (χ4n) is 2.65. The molecule has 0 bridgehead atoms. The molecular formula is C20H31NO6. The van der Waals surface area contributed by atoms with Gasteiger partial charge in [-0.05, 0) is 31.2 Å². The molecule has 0 radical (unpaired) electrons. The number of furan rings is 1. The molecule has 7 heteroatoms. The van der Waals surface area contributed by atoms with Gasteiger partial charge < -0.3 is 14.3 Å². The van der Waals surface area contributed by atoms with E-state index in [1.807, 2.05) is 20.8 Å². The van der Waals surface area contributed by atoms with Crippen molar-refractivity contribution >= 4 is 12.4 Å².